The Bertz CT molecular complexity index is 2220. The van der Waals surface area contributed by atoms with Crippen molar-refractivity contribution in [2.45, 2.75) is 103 Å². The van der Waals surface area contributed by atoms with E-state index in [1.807, 2.05) is 81.4 Å². The second kappa shape index (κ2) is 21.0. The van der Waals surface area contributed by atoms with Gasteiger partial charge in [0.05, 0.1) is 24.8 Å². The fourth-order valence-corrected chi connectivity index (χ4v) is 9.81. The smallest absolute Gasteiger partial charge is 0.410 e. The van der Waals surface area contributed by atoms with Crippen LogP contribution in [0.4, 0.5) is 4.79 Å². The van der Waals surface area contributed by atoms with E-state index in [1.165, 1.54) is 0 Å². The summed E-state index contributed by atoms with van der Waals surface area (Å²) in [5, 5.41) is 27.2. The van der Waals surface area contributed by atoms with Crippen LogP contribution in [0.3, 0.4) is 0 Å². The van der Waals surface area contributed by atoms with Crippen molar-refractivity contribution in [1.29, 1.82) is 0 Å². The molecule has 1 aliphatic heterocycles. The Balaban J connectivity index is 1.42. The SMILES string of the molecule is C=CCO[C@@]12Oc3ccc(Oc4ccc5ccccc5c4)cc3[C@H]3[C@H](CCCCO)[C@@H](CCCCO)C=C(C(=NOCc4ccccc4)C[C@@H]1N(CCC)C(=O)OCC(C)(C)C)[C@H]32. The number of nitrogens with zero attached hydrogens (tertiary/aromatic N) is 2. The second-order valence-electron chi connectivity index (χ2n) is 18.5. The molecule has 1 saturated carbocycles. The van der Waals surface area contributed by atoms with Crippen LogP contribution >= 0.6 is 0 Å². The van der Waals surface area contributed by atoms with Gasteiger partial charge in [-0.1, -0.05) is 119 Å². The molecule has 0 aromatic heterocycles. The predicted molar refractivity (Wildman–Crippen MR) is 248 cm³/mol. The zero-order valence-electron chi connectivity index (χ0n) is 37.5. The van der Waals surface area contributed by atoms with E-state index in [4.69, 9.17) is 28.9 Å². The molecule has 4 aromatic rings. The Labute approximate surface area is 373 Å². The molecule has 1 amide bonds. The Kier molecular flexibility index (Phi) is 15.3. The fourth-order valence-electron chi connectivity index (χ4n) is 9.81. The Hall–Kier alpha value is -5.16. The third-order valence-corrected chi connectivity index (χ3v) is 12.6. The zero-order valence-corrected chi connectivity index (χ0v) is 37.5. The molecule has 0 spiro atoms. The van der Waals surface area contributed by atoms with E-state index in [0.29, 0.717) is 43.7 Å². The summed E-state index contributed by atoms with van der Waals surface area (Å²) in [6, 6.07) is 29.7. The summed E-state index contributed by atoms with van der Waals surface area (Å²) < 4.78 is 27.3. The highest BCUT2D eigenvalue weighted by molar-refractivity contribution is 6.03. The molecule has 3 aliphatic rings. The molecular formula is C53H66N2O8. The first-order valence-electron chi connectivity index (χ1n) is 22.9. The van der Waals surface area contributed by atoms with Gasteiger partial charge in [0, 0.05) is 37.7 Å². The first-order valence-corrected chi connectivity index (χ1v) is 22.9. The van der Waals surface area contributed by atoms with Crippen molar-refractivity contribution >= 4 is 22.6 Å². The van der Waals surface area contributed by atoms with Crippen LogP contribution in [0, 0.1) is 23.2 Å². The molecule has 0 bridgehead atoms. The van der Waals surface area contributed by atoms with Crippen molar-refractivity contribution in [3.8, 4) is 17.2 Å². The molecule has 336 valence electrons. The fraction of sp³-hybridized carbons (Fsp3) is 0.472. The molecule has 0 unspecified atom stereocenters. The summed E-state index contributed by atoms with van der Waals surface area (Å²) in [4.78, 5) is 22.6. The molecule has 63 heavy (non-hydrogen) atoms. The van der Waals surface area contributed by atoms with Gasteiger partial charge < -0.3 is 34.0 Å². The lowest BCUT2D eigenvalue weighted by Crippen LogP contribution is -2.70. The van der Waals surface area contributed by atoms with Gasteiger partial charge in [-0.15, -0.1) is 6.58 Å². The standard InChI is InChI=1S/C53H66N2O8/c1-6-27-55(51(58)59-36-52(3,4)5)48-34-46(54-61-35-37-17-9-8-10-18-37)44-32-40(21-13-15-28-56)43(22-14-16-29-57)49-45-33-42(62-41-24-23-38-19-11-12-20-39(38)31-41)25-26-47(45)63-53(48,50(44)49)60-30-7-2/h7-12,17-20,23-26,31-33,40,43,48-50,56-57H,2,6,13-16,21-22,27-30,34-36H2,1,3-5H3/t40-,43+,48-,49+,50+,53+/m0/s1. The topological polar surface area (TPSA) is 119 Å². The van der Waals surface area contributed by atoms with E-state index < -0.39 is 23.8 Å². The Morgan fingerprint density at radius 2 is 1.63 bits per heavy atom. The van der Waals surface area contributed by atoms with Gasteiger partial charge in [-0.05, 0) is 102 Å². The summed E-state index contributed by atoms with van der Waals surface area (Å²) in [5.74, 6) is 0.239. The van der Waals surface area contributed by atoms with Crippen LogP contribution < -0.4 is 9.47 Å². The monoisotopic (exact) mass is 858 g/mol. The number of ether oxygens (including phenoxy) is 4. The van der Waals surface area contributed by atoms with Crippen LogP contribution in [0.2, 0.25) is 0 Å². The van der Waals surface area contributed by atoms with E-state index in [0.717, 1.165) is 64.6 Å². The van der Waals surface area contributed by atoms with Crippen molar-refractivity contribution in [2.75, 3.05) is 33.0 Å². The normalized spacial score (nSPS) is 23.2. The van der Waals surface area contributed by atoms with Crippen LogP contribution in [-0.4, -0.2) is 71.7 Å². The molecule has 6 atom stereocenters. The number of rotatable bonds is 20. The number of unbranched alkanes of at least 4 members (excludes halogenated alkanes) is 2. The molecule has 10 nitrogen and oxygen atoms in total. The second-order valence-corrected chi connectivity index (χ2v) is 18.5. The average molecular weight is 859 g/mol. The van der Waals surface area contributed by atoms with Crippen LogP contribution in [0.5, 0.6) is 17.2 Å². The van der Waals surface area contributed by atoms with Gasteiger partial charge in [0.15, 0.2) is 0 Å². The molecule has 0 saturated heterocycles. The van der Waals surface area contributed by atoms with Crippen molar-refractivity contribution in [1.82, 2.24) is 4.90 Å². The number of oxime groups is 1. The molecule has 10 heteroatoms. The van der Waals surface area contributed by atoms with Gasteiger partial charge in [0.25, 0.3) is 0 Å². The lowest BCUT2D eigenvalue weighted by molar-refractivity contribution is -0.255. The average Bonchev–Trinajstić information content (AvgIpc) is 3.28. The van der Waals surface area contributed by atoms with Crippen molar-refractivity contribution < 1.29 is 38.8 Å². The number of benzene rings is 4. The number of aliphatic hydroxyl groups is 2. The Morgan fingerprint density at radius 3 is 2.37 bits per heavy atom. The van der Waals surface area contributed by atoms with Gasteiger partial charge >= 0.3 is 6.09 Å². The van der Waals surface area contributed by atoms with Gasteiger partial charge in [-0.2, -0.15) is 0 Å². The third kappa shape index (κ3) is 10.6. The van der Waals surface area contributed by atoms with Crippen LogP contribution in [0.1, 0.15) is 96.1 Å². The van der Waals surface area contributed by atoms with Crippen LogP contribution in [0.25, 0.3) is 10.8 Å². The molecule has 1 heterocycles. The molecule has 7 rings (SSSR count). The minimum absolute atomic E-state index is 0.0759. The van der Waals surface area contributed by atoms with Gasteiger partial charge in [-0.3, -0.25) is 4.90 Å². The molecule has 0 radical (unpaired) electrons. The number of carbonyl (C=O) groups excluding carboxylic acids is 1. The maximum Gasteiger partial charge on any atom is 0.410 e. The number of hydrogen-bond donors (Lipinski definition) is 2. The Morgan fingerprint density at radius 1 is 0.921 bits per heavy atom. The molecule has 1 fully saturated rings. The van der Waals surface area contributed by atoms with Gasteiger partial charge in [0.2, 0.25) is 5.79 Å². The lowest BCUT2D eigenvalue weighted by Gasteiger charge is -2.60. The van der Waals surface area contributed by atoms with Gasteiger partial charge in [-0.25, -0.2) is 4.79 Å². The summed E-state index contributed by atoms with van der Waals surface area (Å²) >= 11 is 0. The van der Waals surface area contributed by atoms with E-state index in [9.17, 15) is 15.0 Å². The van der Waals surface area contributed by atoms with Crippen molar-refractivity contribution in [3.05, 3.63) is 126 Å². The predicted octanol–water partition coefficient (Wildman–Crippen LogP) is 11.4. The van der Waals surface area contributed by atoms with E-state index in [1.54, 1.807) is 11.0 Å². The van der Waals surface area contributed by atoms with Crippen molar-refractivity contribution in [2.24, 2.45) is 28.3 Å². The number of allylic oxidation sites excluding steroid dienone is 1. The highest BCUT2D eigenvalue weighted by atomic mass is 16.7. The lowest BCUT2D eigenvalue weighted by atomic mass is 9.55. The quantitative estimate of drug-likeness (QED) is 0.0512. The minimum Gasteiger partial charge on any atom is -0.459 e. The van der Waals surface area contributed by atoms with Gasteiger partial charge in [0.1, 0.15) is 29.9 Å². The minimum atomic E-state index is -1.38. The third-order valence-electron chi connectivity index (χ3n) is 12.6. The van der Waals surface area contributed by atoms with Crippen molar-refractivity contribution in [3.63, 3.8) is 0 Å². The number of carbonyl (C=O) groups is 1. The number of hydrogen-bond acceptors (Lipinski definition) is 9. The maximum absolute atomic E-state index is 14.5. The highest BCUT2D eigenvalue weighted by Gasteiger charge is 2.65. The first-order chi connectivity index (χ1) is 30.6. The van der Waals surface area contributed by atoms with Crippen LogP contribution in [0.15, 0.2) is 120 Å². The largest absolute Gasteiger partial charge is 0.459 e. The van der Waals surface area contributed by atoms with Crippen LogP contribution in [-0.2, 0) is 20.9 Å². The molecule has 4 aromatic carbocycles. The summed E-state index contributed by atoms with van der Waals surface area (Å²) in [7, 11) is 0. The summed E-state index contributed by atoms with van der Waals surface area (Å²) in [6.45, 7) is 13.6. The number of aliphatic hydroxyl groups excluding tert-OH is 2. The summed E-state index contributed by atoms with van der Waals surface area (Å²) in [6.07, 6.45) is 9.34. The molecular weight excluding hydrogens is 793 g/mol. The van der Waals surface area contributed by atoms with E-state index in [2.05, 4.69) is 49.9 Å². The number of fused-ring (bicyclic) bond motifs is 3. The molecule has 2 aliphatic carbocycles. The van der Waals surface area contributed by atoms with E-state index in [-0.39, 0.29) is 56.2 Å². The highest BCUT2D eigenvalue weighted by Crippen LogP contribution is 2.62. The maximum atomic E-state index is 14.5. The summed E-state index contributed by atoms with van der Waals surface area (Å²) in [5.41, 5.74) is 3.45. The van der Waals surface area contributed by atoms with E-state index >= 15 is 0 Å². The zero-order chi connectivity index (χ0) is 44.4. The molecule has 2 N–H and O–H groups in total. The first kappa shape index (κ1) is 45.9. The number of amides is 1.